The number of aromatic nitrogens is 2. The zero-order valence-electron chi connectivity index (χ0n) is 14.8. The number of likely N-dealkylation sites (tertiary alicyclic amines) is 1. The fourth-order valence-corrected chi connectivity index (χ4v) is 3.39. The molecule has 0 saturated carbocycles. The van der Waals surface area contributed by atoms with E-state index >= 15 is 0 Å². The van der Waals surface area contributed by atoms with Gasteiger partial charge in [0.2, 0.25) is 17.7 Å². The number of alkyl carbamates (subject to hydrolysis) is 1. The van der Waals surface area contributed by atoms with Gasteiger partial charge in [-0.05, 0) is 19.8 Å². The number of imidazole rings is 1. The Labute approximate surface area is 155 Å². The molecule has 0 bridgehead atoms. The standard InChI is InChI=1S/C16H22N6O5/c1-8-12(21-16(26)27-8)14(24)20-10(5-9-6-18-7-19-9)15(25)22-4-2-3-11(22)13(17)23/h6-8,10-12H,2-5H2,1H3,(H2,17,23)(H,18,19)(H,20,24)(H,21,26)/t8-,10+,11+,12+/m1/s1. The van der Waals surface area contributed by atoms with Gasteiger partial charge in [-0.25, -0.2) is 9.78 Å². The molecule has 0 unspecified atom stereocenters. The van der Waals surface area contributed by atoms with Crippen molar-refractivity contribution in [1.82, 2.24) is 25.5 Å². The maximum atomic E-state index is 13.0. The number of cyclic esters (lactones) is 1. The van der Waals surface area contributed by atoms with Gasteiger partial charge in [-0.15, -0.1) is 0 Å². The number of nitrogens with one attached hydrogen (secondary N) is 3. The third-order valence-corrected chi connectivity index (χ3v) is 4.77. The van der Waals surface area contributed by atoms with Crippen LogP contribution in [0, 0.1) is 0 Å². The second-order valence-electron chi connectivity index (χ2n) is 6.65. The molecule has 5 N–H and O–H groups in total. The average molecular weight is 378 g/mol. The molecular formula is C16H22N6O5. The lowest BCUT2D eigenvalue weighted by Gasteiger charge is -2.28. The van der Waals surface area contributed by atoms with Gasteiger partial charge in [0, 0.05) is 19.2 Å². The molecule has 0 aliphatic carbocycles. The molecule has 11 heteroatoms. The van der Waals surface area contributed by atoms with Gasteiger partial charge in [-0.2, -0.15) is 0 Å². The first-order chi connectivity index (χ1) is 12.9. The second kappa shape index (κ2) is 7.64. The van der Waals surface area contributed by atoms with E-state index in [1.165, 1.54) is 11.2 Å². The lowest BCUT2D eigenvalue weighted by molar-refractivity contribution is -0.141. The highest BCUT2D eigenvalue weighted by Crippen LogP contribution is 2.19. The van der Waals surface area contributed by atoms with Crippen molar-refractivity contribution in [3.8, 4) is 0 Å². The van der Waals surface area contributed by atoms with Crippen LogP contribution in [0.4, 0.5) is 4.79 Å². The fourth-order valence-electron chi connectivity index (χ4n) is 3.39. The maximum Gasteiger partial charge on any atom is 0.408 e. The van der Waals surface area contributed by atoms with Crippen LogP contribution in [0.15, 0.2) is 12.5 Å². The van der Waals surface area contributed by atoms with Crippen molar-refractivity contribution in [2.75, 3.05) is 6.54 Å². The molecule has 2 aliphatic heterocycles. The molecule has 4 amide bonds. The number of amides is 4. The smallest absolute Gasteiger partial charge is 0.408 e. The fraction of sp³-hybridized carbons (Fsp3) is 0.562. The zero-order chi connectivity index (χ0) is 19.6. The van der Waals surface area contributed by atoms with Gasteiger partial charge in [0.25, 0.3) is 0 Å². The Balaban J connectivity index is 1.76. The number of H-pyrrole nitrogens is 1. The van der Waals surface area contributed by atoms with Crippen molar-refractivity contribution in [1.29, 1.82) is 0 Å². The first-order valence-electron chi connectivity index (χ1n) is 8.71. The highest BCUT2D eigenvalue weighted by Gasteiger charge is 2.40. The highest BCUT2D eigenvalue weighted by atomic mass is 16.6. The summed E-state index contributed by atoms with van der Waals surface area (Å²) in [5, 5.41) is 5.06. The van der Waals surface area contributed by atoms with Gasteiger partial charge in [-0.3, -0.25) is 14.4 Å². The maximum absolute atomic E-state index is 13.0. The van der Waals surface area contributed by atoms with Crippen molar-refractivity contribution in [3.63, 3.8) is 0 Å². The summed E-state index contributed by atoms with van der Waals surface area (Å²) in [5.74, 6) is -1.53. The monoisotopic (exact) mass is 378 g/mol. The average Bonchev–Trinajstić information content (AvgIpc) is 3.34. The van der Waals surface area contributed by atoms with Crippen LogP contribution in [-0.4, -0.2) is 69.5 Å². The highest BCUT2D eigenvalue weighted by molar-refractivity contribution is 5.95. The van der Waals surface area contributed by atoms with Crippen molar-refractivity contribution in [2.24, 2.45) is 5.73 Å². The number of carbonyl (C=O) groups is 4. The molecule has 2 aliphatic rings. The van der Waals surface area contributed by atoms with Crippen LogP contribution in [0.3, 0.4) is 0 Å². The molecule has 27 heavy (non-hydrogen) atoms. The Hall–Kier alpha value is -3.11. The zero-order valence-corrected chi connectivity index (χ0v) is 14.8. The first-order valence-corrected chi connectivity index (χ1v) is 8.71. The minimum Gasteiger partial charge on any atom is -0.444 e. The molecule has 146 valence electrons. The molecule has 4 atom stereocenters. The minimum absolute atomic E-state index is 0.131. The summed E-state index contributed by atoms with van der Waals surface area (Å²) in [5.41, 5.74) is 5.97. The first kappa shape index (κ1) is 18.7. The molecule has 1 aromatic rings. The number of ether oxygens (including phenoxy) is 1. The quantitative estimate of drug-likeness (QED) is 0.467. The van der Waals surface area contributed by atoms with E-state index in [1.807, 2.05) is 0 Å². The van der Waals surface area contributed by atoms with Crippen LogP contribution in [0.2, 0.25) is 0 Å². The number of hydrogen-bond acceptors (Lipinski definition) is 6. The van der Waals surface area contributed by atoms with Crippen molar-refractivity contribution >= 4 is 23.8 Å². The van der Waals surface area contributed by atoms with E-state index in [0.29, 0.717) is 25.1 Å². The van der Waals surface area contributed by atoms with Gasteiger partial charge in [0.1, 0.15) is 24.2 Å². The molecular weight excluding hydrogens is 356 g/mol. The molecule has 1 aromatic heterocycles. The molecule has 2 saturated heterocycles. The Morgan fingerprint density at radius 1 is 1.48 bits per heavy atom. The third-order valence-electron chi connectivity index (χ3n) is 4.77. The Morgan fingerprint density at radius 3 is 2.85 bits per heavy atom. The van der Waals surface area contributed by atoms with Crippen molar-refractivity contribution in [2.45, 2.75) is 50.4 Å². The molecule has 11 nitrogen and oxygen atoms in total. The predicted octanol–water partition coefficient (Wildman–Crippen LogP) is -1.59. The van der Waals surface area contributed by atoms with Crippen LogP contribution in [0.5, 0.6) is 0 Å². The number of carbonyl (C=O) groups excluding carboxylic acids is 4. The van der Waals surface area contributed by atoms with Crippen LogP contribution >= 0.6 is 0 Å². The van der Waals surface area contributed by atoms with E-state index in [4.69, 9.17) is 10.5 Å². The van der Waals surface area contributed by atoms with Crippen LogP contribution in [-0.2, 0) is 25.5 Å². The van der Waals surface area contributed by atoms with Crippen LogP contribution < -0.4 is 16.4 Å². The van der Waals surface area contributed by atoms with E-state index in [1.54, 1.807) is 13.1 Å². The summed E-state index contributed by atoms with van der Waals surface area (Å²) >= 11 is 0. The molecule has 0 spiro atoms. The van der Waals surface area contributed by atoms with Crippen molar-refractivity contribution in [3.05, 3.63) is 18.2 Å². The molecule has 2 fully saturated rings. The number of primary amides is 1. The largest absolute Gasteiger partial charge is 0.444 e. The van der Waals surface area contributed by atoms with Gasteiger partial charge >= 0.3 is 6.09 Å². The summed E-state index contributed by atoms with van der Waals surface area (Å²) < 4.78 is 4.91. The number of aromatic amines is 1. The minimum atomic E-state index is -0.953. The summed E-state index contributed by atoms with van der Waals surface area (Å²) in [6, 6.07) is -2.55. The number of rotatable bonds is 6. The van der Waals surface area contributed by atoms with Gasteiger partial charge in [-0.1, -0.05) is 0 Å². The predicted molar refractivity (Wildman–Crippen MR) is 91.0 cm³/mol. The summed E-state index contributed by atoms with van der Waals surface area (Å²) in [4.78, 5) is 56.8. The number of nitrogens with two attached hydrogens (primary N) is 1. The van der Waals surface area contributed by atoms with Crippen LogP contribution in [0.25, 0.3) is 0 Å². The van der Waals surface area contributed by atoms with Gasteiger partial charge in [0.05, 0.1) is 12.0 Å². The summed E-state index contributed by atoms with van der Waals surface area (Å²) in [6.45, 7) is 1.97. The Bertz CT molecular complexity index is 736. The van der Waals surface area contributed by atoms with E-state index in [0.717, 1.165) is 0 Å². The van der Waals surface area contributed by atoms with E-state index in [2.05, 4.69) is 20.6 Å². The number of nitrogens with zero attached hydrogens (tertiary/aromatic N) is 2. The van der Waals surface area contributed by atoms with Gasteiger partial charge < -0.3 is 31.0 Å². The van der Waals surface area contributed by atoms with E-state index in [-0.39, 0.29) is 6.42 Å². The molecule has 0 aromatic carbocycles. The lowest BCUT2D eigenvalue weighted by Crippen LogP contribution is -2.57. The molecule has 3 rings (SSSR count). The Morgan fingerprint density at radius 2 is 2.26 bits per heavy atom. The SMILES string of the molecule is C[C@H]1OC(=O)N[C@@H]1C(=O)N[C@@H](Cc1c[nH]cn1)C(=O)N1CCC[C@H]1C(N)=O. The normalized spacial score (nSPS) is 25.6. The third kappa shape index (κ3) is 4.01. The van der Waals surface area contributed by atoms with E-state index < -0.39 is 48.0 Å². The Kier molecular flexibility index (Phi) is 5.28. The summed E-state index contributed by atoms with van der Waals surface area (Å²) in [7, 11) is 0. The molecule has 3 heterocycles. The topological polar surface area (TPSA) is 160 Å². The van der Waals surface area contributed by atoms with Crippen molar-refractivity contribution < 1.29 is 23.9 Å². The molecule has 0 radical (unpaired) electrons. The van der Waals surface area contributed by atoms with Gasteiger partial charge in [0.15, 0.2) is 0 Å². The van der Waals surface area contributed by atoms with E-state index in [9.17, 15) is 19.2 Å². The second-order valence-corrected chi connectivity index (χ2v) is 6.65. The van der Waals surface area contributed by atoms with Crippen LogP contribution in [0.1, 0.15) is 25.5 Å². The lowest BCUT2D eigenvalue weighted by atomic mass is 10.1. The number of hydrogen-bond donors (Lipinski definition) is 4. The summed E-state index contributed by atoms with van der Waals surface area (Å²) in [6.07, 6.45) is 3.01.